The van der Waals surface area contributed by atoms with Crippen LogP contribution in [0.25, 0.3) is 0 Å². The van der Waals surface area contributed by atoms with E-state index in [4.69, 9.17) is 4.74 Å². The van der Waals surface area contributed by atoms with E-state index in [-0.39, 0.29) is 30.5 Å². The van der Waals surface area contributed by atoms with Crippen molar-refractivity contribution in [1.29, 1.82) is 0 Å². The van der Waals surface area contributed by atoms with Gasteiger partial charge in [0.2, 0.25) is 11.5 Å². The van der Waals surface area contributed by atoms with E-state index in [0.29, 0.717) is 17.7 Å². The lowest BCUT2D eigenvalue weighted by Gasteiger charge is -2.30. The third-order valence-electron chi connectivity index (χ3n) is 7.53. The number of aryl methyl sites for hydroxylation is 1. The number of anilines is 1. The molecule has 200 valence electrons. The second-order valence-electron chi connectivity index (χ2n) is 10.0. The van der Waals surface area contributed by atoms with Crippen molar-refractivity contribution in [3.05, 3.63) is 64.7 Å². The minimum absolute atomic E-state index is 0.0582. The molecular formula is C27H28F2N4O5. The zero-order valence-corrected chi connectivity index (χ0v) is 21.1. The Kier molecular flexibility index (Phi) is 6.54. The van der Waals surface area contributed by atoms with Crippen LogP contribution in [-0.2, 0) is 32.9 Å². The normalized spacial score (nSPS) is 20.8. The number of hydrogen-bond donors (Lipinski definition) is 2. The number of nitrogens with one attached hydrogen (secondary N) is 2. The van der Waals surface area contributed by atoms with Crippen LogP contribution in [-0.4, -0.2) is 53.4 Å². The monoisotopic (exact) mass is 526 g/mol. The van der Waals surface area contributed by atoms with Crippen molar-refractivity contribution in [2.45, 2.75) is 50.8 Å². The highest BCUT2D eigenvalue weighted by atomic mass is 19.1. The quantitative estimate of drug-likeness (QED) is 0.573. The van der Waals surface area contributed by atoms with E-state index in [1.807, 2.05) is 6.92 Å². The molecule has 1 saturated heterocycles. The fourth-order valence-corrected chi connectivity index (χ4v) is 5.34. The molecule has 1 saturated carbocycles. The average molecular weight is 527 g/mol. The summed E-state index contributed by atoms with van der Waals surface area (Å²) >= 11 is 0. The maximum atomic E-state index is 13.8. The minimum atomic E-state index is -1.53. The molecule has 0 bridgehead atoms. The Labute approximate surface area is 218 Å². The predicted octanol–water partition coefficient (Wildman–Crippen LogP) is 3.66. The average Bonchev–Trinajstić information content (AvgIpc) is 3.62. The minimum Gasteiger partial charge on any atom is -0.427 e. The number of rotatable bonds is 7. The molecule has 2 aromatic rings. The maximum Gasteiger partial charge on any atom is 0.418 e. The fraction of sp³-hybridized carbons (Fsp3) is 0.407. The van der Waals surface area contributed by atoms with Gasteiger partial charge in [-0.1, -0.05) is 6.07 Å². The predicted molar refractivity (Wildman–Crippen MR) is 132 cm³/mol. The summed E-state index contributed by atoms with van der Waals surface area (Å²) < 4.78 is 33.2. The van der Waals surface area contributed by atoms with E-state index in [1.54, 1.807) is 18.2 Å². The molecule has 1 aliphatic heterocycles. The van der Waals surface area contributed by atoms with Crippen LogP contribution in [0.4, 0.5) is 24.1 Å². The van der Waals surface area contributed by atoms with Gasteiger partial charge in [-0.05, 0) is 67.5 Å². The van der Waals surface area contributed by atoms with E-state index in [9.17, 15) is 28.0 Å². The number of urea groups is 1. The smallest absolute Gasteiger partial charge is 0.418 e. The third kappa shape index (κ3) is 4.68. The highest BCUT2D eigenvalue weighted by molar-refractivity contribution is 6.06. The summed E-state index contributed by atoms with van der Waals surface area (Å²) in [5.41, 5.74) is 0.553. The number of ether oxygens (including phenoxy) is 1. The number of amides is 5. The number of fused-ring (bicyclic) bond motifs is 2. The summed E-state index contributed by atoms with van der Waals surface area (Å²) in [6, 6.07) is 7.44. The molecule has 38 heavy (non-hydrogen) atoms. The van der Waals surface area contributed by atoms with Crippen LogP contribution in [0.2, 0.25) is 0 Å². The van der Waals surface area contributed by atoms with Crippen LogP contribution in [0.1, 0.15) is 42.9 Å². The highest BCUT2D eigenvalue weighted by Gasteiger charge is 2.58. The number of nitrogens with zero attached hydrogens (tertiary/aromatic N) is 2. The van der Waals surface area contributed by atoms with E-state index < -0.39 is 47.7 Å². The van der Waals surface area contributed by atoms with Crippen molar-refractivity contribution in [2.24, 2.45) is 5.92 Å². The van der Waals surface area contributed by atoms with Crippen molar-refractivity contribution in [3.8, 4) is 0 Å². The standard InChI is InChI=1S/C27H28F2N4O5/c1-15(17-3-4-17)32(13-16-9-19(28)12-20(29)10-16)23(34)14-33-24(35)27(38-26(33)37)8-7-18-11-21(5-6-22(18)27)31-25(36)30-2/h5-6,9-12,15,17H,3-4,7-8,13-14H2,1-2H3,(H2,30,31,36)/t15-,27+/m0/s1. The number of carbonyl (C=O) groups excluding carboxylic acids is 4. The first kappa shape index (κ1) is 25.6. The number of halogens is 2. The van der Waals surface area contributed by atoms with Crippen LogP contribution in [0.15, 0.2) is 36.4 Å². The zero-order valence-electron chi connectivity index (χ0n) is 21.1. The zero-order chi connectivity index (χ0) is 27.2. The van der Waals surface area contributed by atoms with E-state index in [2.05, 4.69) is 10.6 Å². The second kappa shape index (κ2) is 9.70. The van der Waals surface area contributed by atoms with Gasteiger partial charge in [0.15, 0.2) is 0 Å². The molecule has 2 aromatic carbocycles. The Balaban J connectivity index is 1.36. The summed E-state index contributed by atoms with van der Waals surface area (Å²) in [4.78, 5) is 53.8. The SMILES string of the molecule is CNC(=O)Nc1ccc2c(c1)CC[C@@]21OC(=O)N(CC(=O)N(Cc2cc(F)cc(F)c2)[C@@H](C)C2CC2)C1=O. The molecule has 2 fully saturated rings. The number of benzene rings is 2. The number of hydrogen-bond acceptors (Lipinski definition) is 5. The van der Waals surface area contributed by atoms with Crippen molar-refractivity contribution < 1.29 is 32.7 Å². The molecule has 1 spiro atoms. The first-order valence-corrected chi connectivity index (χ1v) is 12.5. The van der Waals surface area contributed by atoms with Crippen molar-refractivity contribution in [3.63, 3.8) is 0 Å². The van der Waals surface area contributed by atoms with Gasteiger partial charge in [0.05, 0.1) is 0 Å². The molecule has 2 aliphatic carbocycles. The summed E-state index contributed by atoms with van der Waals surface area (Å²) in [6.45, 7) is 1.26. The van der Waals surface area contributed by atoms with Crippen LogP contribution >= 0.6 is 0 Å². The van der Waals surface area contributed by atoms with Gasteiger partial charge in [0, 0.05) is 43.4 Å². The molecular weight excluding hydrogens is 498 g/mol. The van der Waals surface area contributed by atoms with Crippen molar-refractivity contribution in [2.75, 3.05) is 18.9 Å². The first-order chi connectivity index (χ1) is 18.1. The van der Waals surface area contributed by atoms with Gasteiger partial charge >= 0.3 is 12.1 Å². The first-order valence-electron chi connectivity index (χ1n) is 12.5. The maximum absolute atomic E-state index is 13.8. The van der Waals surface area contributed by atoms with Crippen LogP contribution in [0.5, 0.6) is 0 Å². The van der Waals surface area contributed by atoms with E-state index >= 15 is 0 Å². The van der Waals surface area contributed by atoms with Gasteiger partial charge < -0.3 is 20.3 Å². The largest absolute Gasteiger partial charge is 0.427 e. The summed E-state index contributed by atoms with van der Waals surface area (Å²) in [7, 11) is 1.49. The van der Waals surface area contributed by atoms with Crippen LogP contribution < -0.4 is 10.6 Å². The summed E-state index contributed by atoms with van der Waals surface area (Å²) in [6.07, 6.45) is 1.58. The molecule has 11 heteroatoms. The highest BCUT2D eigenvalue weighted by Crippen LogP contribution is 2.46. The molecule has 5 rings (SSSR count). The molecule has 1 heterocycles. The molecule has 0 unspecified atom stereocenters. The number of carbonyl (C=O) groups is 4. The molecule has 2 atom stereocenters. The Morgan fingerprint density at radius 3 is 2.53 bits per heavy atom. The van der Waals surface area contributed by atoms with Gasteiger partial charge in [0.1, 0.15) is 18.2 Å². The van der Waals surface area contributed by atoms with E-state index in [1.165, 1.54) is 11.9 Å². The molecule has 3 aliphatic rings. The molecule has 0 aromatic heterocycles. The Hall–Kier alpha value is -4.02. The summed E-state index contributed by atoms with van der Waals surface area (Å²) in [5.74, 6) is -2.40. The molecule has 5 amide bonds. The van der Waals surface area contributed by atoms with Gasteiger partial charge in [-0.15, -0.1) is 0 Å². The van der Waals surface area contributed by atoms with Gasteiger partial charge in [-0.2, -0.15) is 0 Å². The fourth-order valence-electron chi connectivity index (χ4n) is 5.34. The van der Waals surface area contributed by atoms with Gasteiger partial charge in [0.25, 0.3) is 5.91 Å². The van der Waals surface area contributed by atoms with Crippen molar-refractivity contribution >= 4 is 29.6 Å². The topological polar surface area (TPSA) is 108 Å². The van der Waals surface area contributed by atoms with Crippen molar-refractivity contribution in [1.82, 2.24) is 15.1 Å². The third-order valence-corrected chi connectivity index (χ3v) is 7.53. The van der Waals surface area contributed by atoms with Gasteiger partial charge in [-0.25, -0.2) is 23.3 Å². The Morgan fingerprint density at radius 2 is 1.87 bits per heavy atom. The molecule has 0 radical (unpaired) electrons. The molecule has 9 nitrogen and oxygen atoms in total. The van der Waals surface area contributed by atoms with E-state index in [0.717, 1.165) is 41.5 Å². The van der Waals surface area contributed by atoms with Crippen LogP contribution in [0, 0.1) is 17.6 Å². The lowest BCUT2D eigenvalue weighted by molar-refractivity contribution is -0.143. The van der Waals surface area contributed by atoms with Crippen LogP contribution in [0.3, 0.4) is 0 Å². The Morgan fingerprint density at radius 1 is 1.16 bits per heavy atom. The molecule has 2 N–H and O–H groups in total. The Bertz CT molecular complexity index is 1310. The lowest BCUT2D eigenvalue weighted by Crippen LogP contribution is -2.47. The number of imide groups is 1. The van der Waals surface area contributed by atoms with Gasteiger partial charge in [-0.3, -0.25) is 9.59 Å². The lowest BCUT2D eigenvalue weighted by atomic mass is 9.94. The second-order valence-corrected chi connectivity index (χ2v) is 10.0. The summed E-state index contributed by atoms with van der Waals surface area (Å²) in [5, 5.41) is 5.13.